The number of pyridine rings is 1. The molecule has 2 heterocycles. The Morgan fingerprint density at radius 2 is 2.28 bits per heavy atom. The van der Waals surface area contributed by atoms with Crippen LogP contribution in [0.15, 0.2) is 18.3 Å². The van der Waals surface area contributed by atoms with E-state index in [9.17, 15) is 0 Å². The van der Waals surface area contributed by atoms with Gasteiger partial charge in [0.05, 0.1) is 7.11 Å². The number of anilines is 1. The molecule has 0 saturated heterocycles. The SMILES string of the molecule is CCCCNc1nnc(-c2ccnc(OC)c2)s1. The molecule has 0 aliphatic carbocycles. The summed E-state index contributed by atoms with van der Waals surface area (Å²) in [6.45, 7) is 3.10. The molecule has 2 aromatic heterocycles. The minimum Gasteiger partial charge on any atom is -0.481 e. The van der Waals surface area contributed by atoms with E-state index in [2.05, 4.69) is 27.4 Å². The first kappa shape index (κ1) is 12.8. The second kappa shape index (κ2) is 6.30. The quantitative estimate of drug-likeness (QED) is 0.813. The number of hydrogen-bond acceptors (Lipinski definition) is 6. The molecule has 0 fully saturated rings. The number of nitrogens with zero attached hydrogens (tertiary/aromatic N) is 3. The van der Waals surface area contributed by atoms with Gasteiger partial charge in [-0.05, 0) is 12.5 Å². The molecule has 0 radical (unpaired) electrons. The van der Waals surface area contributed by atoms with Gasteiger partial charge >= 0.3 is 0 Å². The van der Waals surface area contributed by atoms with Crippen molar-refractivity contribution in [3.05, 3.63) is 18.3 Å². The predicted molar refractivity (Wildman–Crippen MR) is 73.1 cm³/mol. The second-order valence-electron chi connectivity index (χ2n) is 3.78. The Hall–Kier alpha value is -1.69. The Balaban J connectivity index is 2.08. The predicted octanol–water partition coefficient (Wildman–Crippen LogP) is 2.82. The maximum Gasteiger partial charge on any atom is 0.213 e. The van der Waals surface area contributed by atoms with E-state index in [1.165, 1.54) is 17.8 Å². The number of rotatable bonds is 6. The summed E-state index contributed by atoms with van der Waals surface area (Å²) in [5.41, 5.74) is 0.975. The van der Waals surface area contributed by atoms with Crippen LogP contribution in [0.2, 0.25) is 0 Å². The van der Waals surface area contributed by atoms with E-state index in [1.807, 2.05) is 12.1 Å². The molecule has 0 aliphatic heterocycles. The molecular weight excluding hydrogens is 248 g/mol. The normalized spacial score (nSPS) is 10.3. The first-order valence-corrected chi connectivity index (χ1v) is 6.73. The fraction of sp³-hybridized carbons (Fsp3) is 0.417. The van der Waals surface area contributed by atoms with Crippen molar-refractivity contribution in [2.24, 2.45) is 0 Å². The average molecular weight is 264 g/mol. The lowest BCUT2D eigenvalue weighted by molar-refractivity contribution is 0.398. The Morgan fingerprint density at radius 1 is 1.39 bits per heavy atom. The van der Waals surface area contributed by atoms with Crippen molar-refractivity contribution in [2.45, 2.75) is 19.8 Å². The van der Waals surface area contributed by atoms with Gasteiger partial charge in [-0.25, -0.2) is 4.98 Å². The third-order valence-electron chi connectivity index (χ3n) is 2.42. The van der Waals surface area contributed by atoms with Crippen LogP contribution in [0.3, 0.4) is 0 Å². The molecule has 0 unspecified atom stereocenters. The average Bonchev–Trinajstić information content (AvgIpc) is 2.88. The van der Waals surface area contributed by atoms with Gasteiger partial charge in [0.15, 0.2) is 0 Å². The van der Waals surface area contributed by atoms with Crippen molar-refractivity contribution >= 4 is 16.5 Å². The largest absolute Gasteiger partial charge is 0.481 e. The minimum atomic E-state index is 0.586. The van der Waals surface area contributed by atoms with Crippen LogP contribution in [0.25, 0.3) is 10.6 Å². The van der Waals surface area contributed by atoms with Crippen LogP contribution < -0.4 is 10.1 Å². The summed E-state index contributed by atoms with van der Waals surface area (Å²) in [5.74, 6) is 0.586. The number of methoxy groups -OCH3 is 1. The number of nitrogens with one attached hydrogen (secondary N) is 1. The van der Waals surface area contributed by atoms with Gasteiger partial charge in [0.2, 0.25) is 11.0 Å². The third kappa shape index (κ3) is 3.16. The van der Waals surface area contributed by atoms with Crippen LogP contribution in [0.1, 0.15) is 19.8 Å². The Bertz CT molecular complexity index is 500. The summed E-state index contributed by atoms with van der Waals surface area (Å²) >= 11 is 1.54. The standard InChI is InChI=1S/C12H16N4OS/c1-3-4-6-14-12-16-15-11(18-12)9-5-7-13-10(8-9)17-2/h5,7-8H,3-4,6H2,1-2H3,(H,14,16). The minimum absolute atomic E-state index is 0.586. The molecule has 2 aromatic rings. The van der Waals surface area contributed by atoms with Gasteiger partial charge in [-0.15, -0.1) is 10.2 Å². The van der Waals surface area contributed by atoms with Crippen molar-refractivity contribution in [1.82, 2.24) is 15.2 Å². The van der Waals surface area contributed by atoms with E-state index >= 15 is 0 Å². The fourth-order valence-corrected chi connectivity index (χ4v) is 2.20. The number of ether oxygens (including phenoxy) is 1. The van der Waals surface area contributed by atoms with E-state index < -0.39 is 0 Å². The maximum absolute atomic E-state index is 5.09. The van der Waals surface area contributed by atoms with Crippen molar-refractivity contribution in [3.63, 3.8) is 0 Å². The molecule has 1 N–H and O–H groups in total. The molecule has 0 spiro atoms. The molecule has 0 atom stereocenters. The molecule has 0 amide bonds. The molecule has 0 aromatic carbocycles. The molecule has 18 heavy (non-hydrogen) atoms. The van der Waals surface area contributed by atoms with Gasteiger partial charge in [0, 0.05) is 24.4 Å². The highest BCUT2D eigenvalue weighted by Gasteiger charge is 2.07. The highest BCUT2D eigenvalue weighted by Crippen LogP contribution is 2.27. The third-order valence-corrected chi connectivity index (χ3v) is 3.35. The van der Waals surface area contributed by atoms with Gasteiger partial charge in [-0.3, -0.25) is 0 Å². The topological polar surface area (TPSA) is 59.9 Å². The van der Waals surface area contributed by atoms with Crippen LogP contribution in [0.5, 0.6) is 5.88 Å². The number of unbranched alkanes of at least 4 members (excludes halogenated alkanes) is 1. The summed E-state index contributed by atoms with van der Waals surface area (Å²) < 4.78 is 5.09. The van der Waals surface area contributed by atoms with Gasteiger partial charge in [0.1, 0.15) is 5.01 Å². The zero-order valence-corrected chi connectivity index (χ0v) is 11.3. The molecule has 96 valence electrons. The van der Waals surface area contributed by atoms with Crippen molar-refractivity contribution < 1.29 is 4.74 Å². The summed E-state index contributed by atoms with van der Waals surface area (Å²) in [6, 6.07) is 3.76. The monoisotopic (exact) mass is 264 g/mol. The summed E-state index contributed by atoms with van der Waals surface area (Å²) in [4.78, 5) is 4.07. The molecule has 2 rings (SSSR count). The van der Waals surface area contributed by atoms with E-state index in [-0.39, 0.29) is 0 Å². The maximum atomic E-state index is 5.09. The zero-order valence-electron chi connectivity index (χ0n) is 10.5. The molecule has 0 bridgehead atoms. The van der Waals surface area contributed by atoms with Crippen LogP contribution in [-0.2, 0) is 0 Å². The molecular formula is C12H16N4OS. The molecule has 5 nitrogen and oxygen atoms in total. The molecule has 0 aliphatic rings. The molecule has 6 heteroatoms. The Labute approximate surface area is 110 Å². The number of hydrogen-bond donors (Lipinski definition) is 1. The highest BCUT2D eigenvalue weighted by atomic mass is 32.1. The smallest absolute Gasteiger partial charge is 0.213 e. The lowest BCUT2D eigenvalue weighted by Gasteiger charge is -1.99. The van der Waals surface area contributed by atoms with Gasteiger partial charge < -0.3 is 10.1 Å². The van der Waals surface area contributed by atoms with Crippen LogP contribution >= 0.6 is 11.3 Å². The lowest BCUT2D eigenvalue weighted by atomic mass is 10.3. The van der Waals surface area contributed by atoms with Crippen LogP contribution in [-0.4, -0.2) is 28.8 Å². The van der Waals surface area contributed by atoms with Crippen LogP contribution in [0, 0.1) is 0 Å². The van der Waals surface area contributed by atoms with Gasteiger partial charge in [-0.1, -0.05) is 24.7 Å². The zero-order chi connectivity index (χ0) is 12.8. The Morgan fingerprint density at radius 3 is 3.06 bits per heavy atom. The van der Waals surface area contributed by atoms with Crippen molar-refractivity contribution in [2.75, 3.05) is 19.0 Å². The van der Waals surface area contributed by atoms with E-state index in [1.54, 1.807) is 13.3 Å². The first-order chi connectivity index (χ1) is 8.83. The molecule has 0 saturated carbocycles. The lowest BCUT2D eigenvalue weighted by Crippen LogP contribution is -1.99. The number of aromatic nitrogens is 3. The van der Waals surface area contributed by atoms with Gasteiger partial charge in [0.25, 0.3) is 0 Å². The van der Waals surface area contributed by atoms with E-state index in [4.69, 9.17) is 4.74 Å². The highest BCUT2D eigenvalue weighted by molar-refractivity contribution is 7.18. The second-order valence-corrected chi connectivity index (χ2v) is 4.76. The fourth-order valence-electron chi connectivity index (χ4n) is 1.44. The van der Waals surface area contributed by atoms with E-state index in [0.717, 1.165) is 28.7 Å². The summed E-state index contributed by atoms with van der Waals surface area (Å²) in [7, 11) is 1.60. The van der Waals surface area contributed by atoms with E-state index in [0.29, 0.717) is 5.88 Å². The van der Waals surface area contributed by atoms with Crippen molar-refractivity contribution in [3.8, 4) is 16.5 Å². The summed E-state index contributed by atoms with van der Waals surface area (Å²) in [5, 5.41) is 13.3. The van der Waals surface area contributed by atoms with Crippen molar-refractivity contribution in [1.29, 1.82) is 0 Å². The van der Waals surface area contributed by atoms with Crippen LogP contribution in [0.4, 0.5) is 5.13 Å². The van der Waals surface area contributed by atoms with Gasteiger partial charge in [-0.2, -0.15) is 0 Å². The first-order valence-electron chi connectivity index (χ1n) is 5.91. The Kier molecular flexibility index (Phi) is 4.46. The summed E-state index contributed by atoms with van der Waals surface area (Å²) in [6.07, 6.45) is 4.01.